The summed E-state index contributed by atoms with van der Waals surface area (Å²) in [4.78, 5) is 43.8. The number of carbonyl (C=O) groups excluding carboxylic acids is 2. The lowest BCUT2D eigenvalue weighted by molar-refractivity contribution is 0.0696. The molecule has 0 saturated heterocycles. The monoisotopic (exact) mass is 566 g/mol. The summed E-state index contributed by atoms with van der Waals surface area (Å²) in [5.41, 5.74) is 6.27. The third kappa shape index (κ3) is 4.42. The van der Waals surface area contributed by atoms with E-state index in [1.807, 2.05) is 48.5 Å². The Balaban J connectivity index is 1.25. The van der Waals surface area contributed by atoms with Crippen LogP contribution in [0.4, 0.5) is 5.69 Å². The summed E-state index contributed by atoms with van der Waals surface area (Å²) in [5.74, 6) is -1.82. The molecule has 0 fully saturated rings. The van der Waals surface area contributed by atoms with Crippen LogP contribution in [0.15, 0.2) is 114 Å². The number of methoxy groups -OCH3 is 1. The van der Waals surface area contributed by atoms with Crippen LogP contribution in [0, 0.1) is 0 Å². The van der Waals surface area contributed by atoms with Crippen molar-refractivity contribution in [1.29, 1.82) is 0 Å². The van der Waals surface area contributed by atoms with E-state index in [9.17, 15) is 19.5 Å². The molecule has 0 spiro atoms. The number of aromatic nitrogens is 1. The first-order valence-corrected chi connectivity index (χ1v) is 13.4. The van der Waals surface area contributed by atoms with E-state index in [0.717, 1.165) is 27.2 Å². The van der Waals surface area contributed by atoms with E-state index in [1.54, 1.807) is 18.2 Å². The fraction of sp³-hybridized carbons (Fsp3) is 0.0286. The number of hydrogen-bond acceptors (Lipinski definition) is 6. The Morgan fingerprint density at radius 2 is 1.42 bits per heavy atom. The fourth-order valence-electron chi connectivity index (χ4n) is 5.33. The Labute approximate surface area is 245 Å². The molecule has 0 bridgehead atoms. The third-order valence-electron chi connectivity index (χ3n) is 7.49. The summed E-state index contributed by atoms with van der Waals surface area (Å²) < 4.78 is 11.6. The van der Waals surface area contributed by atoms with E-state index in [1.165, 1.54) is 25.3 Å². The summed E-state index contributed by atoms with van der Waals surface area (Å²) in [6.07, 6.45) is 0. The molecule has 0 unspecified atom stereocenters. The highest BCUT2D eigenvalue weighted by Gasteiger charge is 2.39. The van der Waals surface area contributed by atoms with Gasteiger partial charge in [0, 0.05) is 5.56 Å². The number of rotatable bonds is 6. The van der Waals surface area contributed by atoms with Gasteiger partial charge in [0.25, 0.3) is 11.8 Å². The van der Waals surface area contributed by atoms with Crippen LogP contribution in [0.2, 0.25) is 0 Å². The van der Waals surface area contributed by atoms with E-state index >= 15 is 0 Å². The average molecular weight is 567 g/mol. The van der Waals surface area contributed by atoms with Crippen LogP contribution in [0.1, 0.15) is 31.1 Å². The molecule has 208 valence electrons. The smallest absolute Gasteiger partial charge is 0.335 e. The van der Waals surface area contributed by atoms with Gasteiger partial charge in [0.15, 0.2) is 5.58 Å². The standard InChI is InChI=1S/C35H22N2O6/c1-42-31-15-12-24(19-29(31)37-33(38)26-13-10-25(35(40)41)17-27(26)34(37)39)32-36-28-18-23(11-14-30(28)43-32)22-9-5-8-21(16-22)20-6-3-2-4-7-20/h2-19H,1H3,(H,40,41). The van der Waals surface area contributed by atoms with Crippen molar-refractivity contribution in [2.75, 3.05) is 12.0 Å². The number of ether oxygens (including phenoxy) is 1. The summed E-state index contributed by atoms with van der Waals surface area (Å²) in [6.45, 7) is 0. The zero-order chi connectivity index (χ0) is 29.7. The van der Waals surface area contributed by atoms with Crippen LogP contribution < -0.4 is 9.64 Å². The number of benzene rings is 5. The number of carbonyl (C=O) groups is 3. The van der Waals surface area contributed by atoms with Crippen molar-refractivity contribution in [1.82, 2.24) is 4.98 Å². The molecular weight excluding hydrogens is 544 g/mol. The lowest BCUT2D eigenvalue weighted by atomic mass is 9.99. The molecule has 1 aliphatic heterocycles. The lowest BCUT2D eigenvalue weighted by Crippen LogP contribution is -2.29. The molecule has 0 aliphatic carbocycles. The van der Waals surface area contributed by atoms with Gasteiger partial charge in [-0.2, -0.15) is 0 Å². The van der Waals surface area contributed by atoms with Gasteiger partial charge in [0.2, 0.25) is 5.89 Å². The molecule has 8 heteroatoms. The molecule has 2 heterocycles. The van der Waals surface area contributed by atoms with Crippen molar-refractivity contribution < 1.29 is 28.6 Å². The zero-order valence-corrected chi connectivity index (χ0v) is 22.8. The second kappa shape index (κ2) is 10.1. The van der Waals surface area contributed by atoms with Gasteiger partial charge in [-0.05, 0) is 76.9 Å². The highest BCUT2D eigenvalue weighted by Crippen LogP contribution is 2.39. The van der Waals surface area contributed by atoms with Crippen LogP contribution in [0.3, 0.4) is 0 Å². The number of fused-ring (bicyclic) bond motifs is 2. The highest BCUT2D eigenvalue weighted by atomic mass is 16.5. The molecule has 1 N–H and O–H groups in total. The number of carboxylic acid groups (broad SMARTS) is 1. The molecule has 8 nitrogen and oxygen atoms in total. The highest BCUT2D eigenvalue weighted by molar-refractivity contribution is 6.35. The number of oxazole rings is 1. The molecule has 43 heavy (non-hydrogen) atoms. The van der Waals surface area contributed by atoms with Gasteiger partial charge < -0.3 is 14.3 Å². The summed E-state index contributed by atoms with van der Waals surface area (Å²) >= 11 is 0. The fourth-order valence-corrected chi connectivity index (χ4v) is 5.33. The topological polar surface area (TPSA) is 110 Å². The molecule has 7 rings (SSSR count). The Morgan fingerprint density at radius 3 is 2.19 bits per heavy atom. The van der Waals surface area contributed by atoms with Gasteiger partial charge in [0.1, 0.15) is 11.3 Å². The van der Waals surface area contributed by atoms with Crippen molar-refractivity contribution in [3.8, 4) is 39.5 Å². The first kappa shape index (κ1) is 25.9. The minimum absolute atomic E-state index is 0.0167. The number of amides is 2. The van der Waals surface area contributed by atoms with Crippen LogP contribution in [-0.2, 0) is 0 Å². The van der Waals surface area contributed by atoms with Crippen molar-refractivity contribution in [2.24, 2.45) is 0 Å². The van der Waals surface area contributed by atoms with E-state index in [-0.39, 0.29) is 28.1 Å². The maximum atomic E-state index is 13.3. The largest absolute Gasteiger partial charge is 0.495 e. The SMILES string of the molecule is COc1ccc(-c2nc3cc(-c4cccc(-c5ccccc5)c4)ccc3o2)cc1N1C(=O)c2ccc(C(=O)O)cc2C1=O. The van der Waals surface area contributed by atoms with Gasteiger partial charge in [-0.15, -0.1) is 0 Å². The Hall–Kier alpha value is -6.02. The predicted molar refractivity (Wildman–Crippen MR) is 161 cm³/mol. The molecule has 0 atom stereocenters. The van der Waals surface area contributed by atoms with Crippen molar-refractivity contribution in [3.63, 3.8) is 0 Å². The number of hydrogen-bond donors (Lipinski definition) is 1. The molecule has 2 amide bonds. The molecule has 1 aliphatic rings. The second-order valence-electron chi connectivity index (χ2n) is 10.0. The molecule has 1 aromatic heterocycles. The summed E-state index contributed by atoms with van der Waals surface area (Å²) in [5, 5.41) is 9.35. The van der Waals surface area contributed by atoms with Gasteiger partial charge in [-0.25, -0.2) is 14.7 Å². The Kier molecular flexibility index (Phi) is 6.09. The lowest BCUT2D eigenvalue weighted by Gasteiger charge is -2.18. The minimum Gasteiger partial charge on any atom is -0.495 e. The first-order chi connectivity index (χ1) is 20.9. The Bertz CT molecular complexity index is 2100. The van der Waals surface area contributed by atoms with Crippen LogP contribution in [0.25, 0.3) is 44.8 Å². The number of carboxylic acids is 1. The second-order valence-corrected chi connectivity index (χ2v) is 10.0. The van der Waals surface area contributed by atoms with Crippen LogP contribution in [0.5, 0.6) is 5.75 Å². The molecular formula is C35H22N2O6. The van der Waals surface area contributed by atoms with Crippen molar-refractivity contribution in [3.05, 3.63) is 126 Å². The summed E-state index contributed by atoms with van der Waals surface area (Å²) in [7, 11) is 1.44. The van der Waals surface area contributed by atoms with Gasteiger partial charge in [-0.3, -0.25) is 9.59 Å². The van der Waals surface area contributed by atoms with Gasteiger partial charge in [-0.1, -0.05) is 54.6 Å². The van der Waals surface area contributed by atoms with E-state index in [4.69, 9.17) is 14.1 Å². The van der Waals surface area contributed by atoms with Gasteiger partial charge in [0.05, 0.1) is 29.5 Å². The number of anilines is 1. The van der Waals surface area contributed by atoms with E-state index in [0.29, 0.717) is 22.6 Å². The van der Waals surface area contributed by atoms with E-state index in [2.05, 4.69) is 24.3 Å². The number of aromatic carboxylic acids is 1. The molecule has 0 saturated carbocycles. The quantitative estimate of drug-likeness (QED) is 0.210. The maximum Gasteiger partial charge on any atom is 0.335 e. The van der Waals surface area contributed by atoms with Gasteiger partial charge >= 0.3 is 5.97 Å². The first-order valence-electron chi connectivity index (χ1n) is 13.4. The predicted octanol–water partition coefficient (Wildman–Crippen LogP) is 7.34. The number of nitrogens with zero attached hydrogens (tertiary/aromatic N) is 2. The van der Waals surface area contributed by atoms with E-state index < -0.39 is 17.8 Å². The minimum atomic E-state index is -1.19. The summed E-state index contributed by atoms with van der Waals surface area (Å²) in [6, 6.07) is 33.1. The maximum absolute atomic E-state index is 13.3. The van der Waals surface area contributed by atoms with Crippen molar-refractivity contribution >= 4 is 34.6 Å². The van der Waals surface area contributed by atoms with Crippen molar-refractivity contribution in [2.45, 2.75) is 0 Å². The number of imide groups is 1. The zero-order valence-electron chi connectivity index (χ0n) is 22.8. The Morgan fingerprint density at radius 1 is 0.721 bits per heavy atom. The van der Waals surface area contributed by atoms with Crippen LogP contribution >= 0.6 is 0 Å². The molecule has 0 radical (unpaired) electrons. The molecule has 6 aromatic rings. The molecule has 5 aromatic carbocycles. The van der Waals surface area contributed by atoms with Crippen LogP contribution in [-0.4, -0.2) is 35.0 Å². The average Bonchev–Trinajstić information content (AvgIpc) is 3.58. The third-order valence-corrected chi connectivity index (χ3v) is 7.49. The normalized spacial score (nSPS) is 12.5.